The standard InChI is InChI=1S/C14H21NO2S/c1-3-10-5-7-11(8-6-10)13-12(9-15)14(13)18(16,17)4-2/h5-8,12-14H,3-4,9,15H2,1-2H3/t12-,13-,14-/m1/s1. The zero-order valence-corrected chi connectivity index (χ0v) is 11.8. The Kier molecular flexibility index (Phi) is 3.78. The molecular weight excluding hydrogens is 246 g/mol. The van der Waals surface area contributed by atoms with Crippen molar-refractivity contribution in [2.45, 2.75) is 31.4 Å². The summed E-state index contributed by atoms with van der Waals surface area (Å²) in [7, 11) is -2.98. The zero-order valence-electron chi connectivity index (χ0n) is 11.0. The second kappa shape index (κ2) is 5.02. The Morgan fingerprint density at radius 2 is 1.78 bits per heavy atom. The summed E-state index contributed by atoms with van der Waals surface area (Å²) in [4.78, 5) is 0. The number of rotatable bonds is 5. The second-order valence-electron chi connectivity index (χ2n) is 4.94. The average Bonchev–Trinajstić information content (AvgIpc) is 3.14. The van der Waals surface area contributed by atoms with Crippen LogP contribution in [0.4, 0.5) is 0 Å². The van der Waals surface area contributed by atoms with Crippen molar-refractivity contribution in [3.05, 3.63) is 35.4 Å². The molecule has 1 aliphatic carbocycles. The Morgan fingerprint density at radius 3 is 2.22 bits per heavy atom. The minimum Gasteiger partial charge on any atom is -0.330 e. The normalized spacial score (nSPS) is 27.2. The van der Waals surface area contributed by atoms with Crippen LogP contribution in [0, 0.1) is 5.92 Å². The van der Waals surface area contributed by atoms with Crippen LogP contribution < -0.4 is 5.73 Å². The fourth-order valence-corrected chi connectivity index (χ4v) is 4.63. The zero-order chi connectivity index (χ0) is 13.3. The maximum absolute atomic E-state index is 12.0. The van der Waals surface area contributed by atoms with E-state index in [1.807, 2.05) is 0 Å². The van der Waals surface area contributed by atoms with E-state index in [2.05, 4.69) is 31.2 Å². The van der Waals surface area contributed by atoms with Crippen molar-refractivity contribution in [1.29, 1.82) is 0 Å². The van der Waals surface area contributed by atoms with Gasteiger partial charge in [-0.2, -0.15) is 0 Å². The van der Waals surface area contributed by atoms with Crippen LogP contribution in [0.2, 0.25) is 0 Å². The lowest BCUT2D eigenvalue weighted by molar-refractivity contribution is 0.593. The van der Waals surface area contributed by atoms with E-state index >= 15 is 0 Å². The summed E-state index contributed by atoms with van der Waals surface area (Å²) in [5.41, 5.74) is 8.09. The first kappa shape index (κ1) is 13.6. The van der Waals surface area contributed by atoms with Gasteiger partial charge in [-0.05, 0) is 30.0 Å². The van der Waals surface area contributed by atoms with Gasteiger partial charge in [0, 0.05) is 11.7 Å². The third-order valence-corrected chi connectivity index (χ3v) is 6.24. The van der Waals surface area contributed by atoms with Gasteiger partial charge < -0.3 is 5.73 Å². The smallest absolute Gasteiger partial charge is 0.153 e. The van der Waals surface area contributed by atoms with E-state index in [9.17, 15) is 8.42 Å². The molecule has 1 saturated carbocycles. The highest BCUT2D eigenvalue weighted by atomic mass is 32.2. The molecular formula is C14H21NO2S. The van der Waals surface area contributed by atoms with Crippen LogP contribution in [0.3, 0.4) is 0 Å². The third kappa shape index (κ3) is 2.31. The number of hydrogen-bond acceptors (Lipinski definition) is 3. The van der Waals surface area contributed by atoms with E-state index in [1.54, 1.807) is 6.92 Å². The molecule has 18 heavy (non-hydrogen) atoms. The van der Waals surface area contributed by atoms with Gasteiger partial charge in [0.1, 0.15) is 0 Å². The van der Waals surface area contributed by atoms with Gasteiger partial charge in [-0.1, -0.05) is 38.1 Å². The molecule has 1 fully saturated rings. The largest absolute Gasteiger partial charge is 0.330 e. The number of sulfone groups is 1. The molecule has 0 saturated heterocycles. The average molecular weight is 267 g/mol. The Hall–Kier alpha value is -0.870. The van der Waals surface area contributed by atoms with Gasteiger partial charge >= 0.3 is 0 Å². The van der Waals surface area contributed by atoms with Crippen LogP contribution in [-0.4, -0.2) is 26.0 Å². The Labute approximate surface area is 109 Å². The van der Waals surface area contributed by atoms with Crippen LogP contribution in [0.5, 0.6) is 0 Å². The van der Waals surface area contributed by atoms with Crippen molar-refractivity contribution >= 4 is 9.84 Å². The Morgan fingerprint density at radius 1 is 1.17 bits per heavy atom. The first-order chi connectivity index (χ1) is 8.55. The summed E-state index contributed by atoms with van der Waals surface area (Å²) in [5, 5.41) is -0.264. The number of benzene rings is 1. The molecule has 0 spiro atoms. The van der Waals surface area contributed by atoms with Gasteiger partial charge in [-0.15, -0.1) is 0 Å². The molecule has 0 unspecified atom stereocenters. The molecule has 4 heteroatoms. The van der Waals surface area contributed by atoms with E-state index in [0.29, 0.717) is 6.54 Å². The molecule has 1 aromatic carbocycles. The molecule has 0 heterocycles. The first-order valence-electron chi connectivity index (χ1n) is 6.55. The molecule has 0 amide bonds. The maximum atomic E-state index is 12.0. The van der Waals surface area contributed by atoms with Crippen molar-refractivity contribution in [2.75, 3.05) is 12.3 Å². The van der Waals surface area contributed by atoms with Crippen molar-refractivity contribution in [3.8, 4) is 0 Å². The lowest BCUT2D eigenvalue weighted by Crippen LogP contribution is -2.15. The van der Waals surface area contributed by atoms with Gasteiger partial charge in [-0.3, -0.25) is 0 Å². The van der Waals surface area contributed by atoms with Crippen molar-refractivity contribution in [3.63, 3.8) is 0 Å². The quantitative estimate of drug-likeness (QED) is 0.883. The molecule has 2 N–H and O–H groups in total. The monoisotopic (exact) mass is 267 g/mol. The summed E-state index contributed by atoms with van der Waals surface area (Å²) in [6, 6.07) is 8.27. The highest BCUT2D eigenvalue weighted by Crippen LogP contribution is 2.51. The van der Waals surface area contributed by atoms with Gasteiger partial charge in [0.15, 0.2) is 9.84 Å². The summed E-state index contributed by atoms with van der Waals surface area (Å²) in [5.74, 6) is 0.408. The molecule has 100 valence electrons. The topological polar surface area (TPSA) is 60.2 Å². The van der Waals surface area contributed by atoms with Crippen molar-refractivity contribution < 1.29 is 8.42 Å². The molecule has 0 aromatic heterocycles. The second-order valence-corrected chi connectivity index (χ2v) is 7.38. The van der Waals surface area contributed by atoms with Crippen LogP contribution >= 0.6 is 0 Å². The van der Waals surface area contributed by atoms with E-state index in [0.717, 1.165) is 12.0 Å². The molecule has 0 bridgehead atoms. The minimum absolute atomic E-state index is 0.0995. The third-order valence-electron chi connectivity index (χ3n) is 3.96. The molecule has 0 radical (unpaired) electrons. The molecule has 1 aliphatic rings. The van der Waals surface area contributed by atoms with Crippen LogP contribution in [0.25, 0.3) is 0 Å². The summed E-state index contributed by atoms with van der Waals surface area (Å²) in [6.07, 6.45) is 1.00. The molecule has 0 aliphatic heterocycles. The van der Waals surface area contributed by atoms with Gasteiger partial charge in [-0.25, -0.2) is 8.42 Å². The van der Waals surface area contributed by atoms with E-state index < -0.39 is 9.84 Å². The predicted molar refractivity (Wildman–Crippen MR) is 74.4 cm³/mol. The van der Waals surface area contributed by atoms with Crippen molar-refractivity contribution in [1.82, 2.24) is 0 Å². The molecule has 3 atom stereocenters. The highest BCUT2D eigenvalue weighted by molar-refractivity contribution is 7.92. The van der Waals surface area contributed by atoms with Crippen LogP contribution in [-0.2, 0) is 16.3 Å². The number of hydrogen-bond donors (Lipinski definition) is 1. The lowest BCUT2D eigenvalue weighted by Gasteiger charge is -2.02. The Bertz CT molecular complexity index is 507. The Balaban J connectivity index is 2.23. The molecule has 1 aromatic rings. The summed E-state index contributed by atoms with van der Waals surface area (Å²) < 4.78 is 24.0. The maximum Gasteiger partial charge on any atom is 0.153 e. The minimum atomic E-state index is -2.98. The SMILES string of the molecule is CCc1ccc([C@@H]2[C@@H](CN)[C@H]2S(=O)(=O)CC)cc1. The number of aryl methyl sites for hydroxylation is 1. The predicted octanol–water partition coefficient (Wildman–Crippen LogP) is 1.72. The van der Waals surface area contributed by atoms with E-state index in [1.165, 1.54) is 5.56 Å². The van der Waals surface area contributed by atoms with Crippen LogP contribution in [0.1, 0.15) is 30.9 Å². The summed E-state index contributed by atoms with van der Waals surface area (Å²) >= 11 is 0. The fourth-order valence-electron chi connectivity index (χ4n) is 2.72. The molecule has 2 rings (SSSR count). The first-order valence-corrected chi connectivity index (χ1v) is 8.27. The van der Waals surface area contributed by atoms with Gasteiger partial charge in [0.25, 0.3) is 0 Å². The fraction of sp³-hybridized carbons (Fsp3) is 0.571. The molecule has 3 nitrogen and oxygen atoms in total. The van der Waals surface area contributed by atoms with Gasteiger partial charge in [0.2, 0.25) is 0 Å². The van der Waals surface area contributed by atoms with E-state index in [-0.39, 0.29) is 22.8 Å². The number of nitrogens with two attached hydrogens (primary N) is 1. The van der Waals surface area contributed by atoms with Gasteiger partial charge in [0.05, 0.1) is 5.25 Å². The lowest BCUT2D eigenvalue weighted by atomic mass is 10.1. The van der Waals surface area contributed by atoms with Crippen LogP contribution in [0.15, 0.2) is 24.3 Å². The van der Waals surface area contributed by atoms with E-state index in [4.69, 9.17) is 5.73 Å². The summed E-state index contributed by atoms with van der Waals surface area (Å²) in [6.45, 7) is 4.27. The highest BCUT2D eigenvalue weighted by Gasteiger charge is 2.56. The van der Waals surface area contributed by atoms with Crippen molar-refractivity contribution in [2.24, 2.45) is 11.7 Å².